The summed E-state index contributed by atoms with van der Waals surface area (Å²) in [6.07, 6.45) is -3.57. The van der Waals surface area contributed by atoms with E-state index >= 15 is 0 Å². The first-order chi connectivity index (χ1) is 12.4. The van der Waals surface area contributed by atoms with Crippen molar-refractivity contribution < 1.29 is 26.3 Å². The Kier molecular flexibility index (Phi) is 6.64. The molecule has 1 fully saturated rings. The average molecular weight is 407 g/mol. The van der Waals surface area contributed by atoms with Crippen LogP contribution in [0.25, 0.3) is 0 Å². The van der Waals surface area contributed by atoms with Crippen molar-refractivity contribution in [3.05, 3.63) is 29.8 Å². The van der Waals surface area contributed by atoms with Crippen LogP contribution in [0, 0.1) is 12.3 Å². The molecule has 8 heteroatoms. The minimum absolute atomic E-state index is 0.0954. The summed E-state index contributed by atoms with van der Waals surface area (Å²) in [6.45, 7) is 7.18. The molecule has 0 spiro atoms. The molecule has 2 rings (SSSR count). The van der Waals surface area contributed by atoms with Gasteiger partial charge in [0.2, 0.25) is 10.0 Å². The van der Waals surface area contributed by atoms with Gasteiger partial charge < -0.3 is 0 Å². The van der Waals surface area contributed by atoms with Crippen molar-refractivity contribution in [1.29, 1.82) is 0 Å². The summed E-state index contributed by atoms with van der Waals surface area (Å²) in [6, 6.07) is 6.00. The number of rotatable bonds is 6. The van der Waals surface area contributed by atoms with Crippen molar-refractivity contribution in [2.24, 2.45) is 5.41 Å². The van der Waals surface area contributed by atoms with Crippen molar-refractivity contribution in [2.75, 3.05) is 6.54 Å². The number of hydrogen-bond donors (Lipinski definition) is 0. The summed E-state index contributed by atoms with van der Waals surface area (Å²) in [5.74, 6) is 0. The van der Waals surface area contributed by atoms with Gasteiger partial charge >= 0.3 is 6.36 Å². The lowest BCUT2D eigenvalue weighted by atomic mass is 9.74. The topological polar surface area (TPSA) is 46.6 Å². The molecule has 1 aromatic rings. The molecule has 154 valence electrons. The lowest BCUT2D eigenvalue weighted by molar-refractivity contribution is -0.349. The van der Waals surface area contributed by atoms with Gasteiger partial charge in [0.05, 0.1) is 11.0 Å². The van der Waals surface area contributed by atoms with E-state index in [0.717, 1.165) is 18.4 Å². The molecule has 0 N–H and O–H groups in total. The summed E-state index contributed by atoms with van der Waals surface area (Å²) in [5.41, 5.74) is 0.273. The van der Waals surface area contributed by atoms with Gasteiger partial charge in [-0.15, -0.1) is 13.2 Å². The number of nitrogens with zero attached hydrogens (tertiary/aromatic N) is 1. The lowest BCUT2D eigenvalue weighted by Gasteiger charge is -2.48. The standard InChI is InChI=1S/C19H28F3NO3S/c1-5-6-7-17-18(3,4)12-15(26-19(20,21)22)13-23(17)27(24,25)16-10-8-14(2)9-11-16/h8-11,15,17H,5-7,12-13H2,1-4H3/t15-,17-/m1/s1. The van der Waals surface area contributed by atoms with Crippen LogP contribution in [0.5, 0.6) is 0 Å². The molecule has 0 bridgehead atoms. The average Bonchev–Trinajstić information content (AvgIpc) is 2.51. The van der Waals surface area contributed by atoms with Crippen LogP contribution in [0.4, 0.5) is 13.2 Å². The molecule has 1 saturated heterocycles. The maximum Gasteiger partial charge on any atom is 0.522 e. The Morgan fingerprint density at radius 2 is 1.81 bits per heavy atom. The van der Waals surface area contributed by atoms with E-state index in [4.69, 9.17) is 0 Å². The van der Waals surface area contributed by atoms with Crippen LogP contribution in [-0.4, -0.2) is 37.8 Å². The second kappa shape index (κ2) is 8.09. The van der Waals surface area contributed by atoms with Crippen molar-refractivity contribution in [3.63, 3.8) is 0 Å². The molecular weight excluding hydrogens is 379 g/mol. The highest BCUT2D eigenvalue weighted by Crippen LogP contribution is 2.42. The van der Waals surface area contributed by atoms with Crippen molar-refractivity contribution in [3.8, 4) is 0 Å². The van der Waals surface area contributed by atoms with Gasteiger partial charge in [-0.3, -0.25) is 4.74 Å². The number of ether oxygens (including phenoxy) is 1. The summed E-state index contributed by atoms with van der Waals surface area (Å²) in [5, 5.41) is 0. The van der Waals surface area contributed by atoms with Crippen LogP contribution in [0.15, 0.2) is 29.2 Å². The quantitative estimate of drug-likeness (QED) is 0.675. The number of piperidine rings is 1. The molecule has 4 nitrogen and oxygen atoms in total. The minimum atomic E-state index is -4.80. The maximum atomic E-state index is 13.3. The number of unbranched alkanes of at least 4 members (excludes halogenated alkanes) is 1. The first-order valence-electron chi connectivity index (χ1n) is 9.20. The smallest absolute Gasteiger partial charge is 0.287 e. The summed E-state index contributed by atoms with van der Waals surface area (Å²) in [7, 11) is -3.93. The number of halogens is 3. The van der Waals surface area contributed by atoms with Gasteiger partial charge in [-0.25, -0.2) is 8.42 Å². The molecule has 0 amide bonds. The minimum Gasteiger partial charge on any atom is -0.287 e. The molecule has 1 aromatic carbocycles. The molecule has 27 heavy (non-hydrogen) atoms. The van der Waals surface area contributed by atoms with Gasteiger partial charge in [-0.2, -0.15) is 4.31 Å². The van der Waals surface area contributed by atoms with E-state index in [1.165, 1.54) is 16.4 Å². The molecule has 1 aliphatic rings. The Morgan fingerprint density at radius 3 is 2.33 bits per heavy atom. The van der Waals surface area contributed by atoms with E-state index in [1.54, 1.807) is 12.1 Å². The monoisotopic (exact) mass is 407 g/mol. The van der Waals surface area contributed by atoms with Crippen LogP contribution in [0.3, 0.4) is 0 Å². The van der Waals surface area contributed by atoms with Crippen molar-refractivity contribution in [2.45, 2.75) is 76.8 Å². The lowest BCUT2D eigenvalue weighted by Crippen LogP contribution is -2.57. The molecule has 0 aromatic heterocycles. The zero-order valence-corrected chi connectivity index (χ0v) is 17.0. The Morgan fingerprint density at radius 1 is 1.22 bits per heavy atom. The first kappa shape index (κ1) is 22.2. The van der Waals surface area contributed by atoms with Gasteiger partial charge in [0.25, 0.3) is 0 Å². The van der Waals surface area contributed by atoms with E-state index in [-0.39, 0.29) is 23.9 Å². The molecule has 0 unspecified atom stereocenters. The van der Waals surface area contributed by atoms with Crippen LogP contribution >= 0.6 is 0 Å². The number of sulfonamides is 1. The third-order valence-corrected chi connectivity index (χ3v) is 7.03. The summed E-state index contributed by atoms with van der Waals surface area (Å²) < 4.78 is 70.4. The van der Waals surface area contributed by atoms with Crippen LogP contribution in [-0.2, 0) is 14.8 Å². The van der Waals surface area contributed by atoms with Gasteiger partial charge in [-0.05, 0) is 37.3 Å². The molecule has 2 atom stereocenters. The Labute approximate surface area is 159 Å². The van der Waals surface area contributed by atoms with Gasteiger partial charge in [0.15, 0.2) is 0 Å². The molecule has 1 heterocycles. The predicted molar refractivity (Wildman–Crippen MR) is 97.7 cm³/mol. The predicted octanol–water partition coefficient (Wildman–Crippen LogP) is 4.88. The molecule has 0 saturated carbocycles. The molecule has 1 aliphatic heterocycles. The highest BCUT2D eigenvalue weighted by atomic mass is 32.2. The Bertz CT molecular complexity index is 730. The van der Waals surface area contributed by atoms with Crippen molar-refractivity contribution in [1.82, 2.24) is 4.31 Å². The zero-order valence-electron chi connectivity index (χ0n) is 16.2. The highest BCUT2D eigenvalue weighted by Gasteiger charge is 2.49. The number of hydrogen-bond acceptors (Lipinski definition) is 3. The highest BCUT2D eigenvalue weighted by molar-refractivity contribution is 7.89. The largest absolute Gasteiger partial charge is 0.522 e. The summed E-state index contributed by atoms with van der Waals surface area (Å²) >= 11 is 0. The fourth-order valence-corrected chi connectivity index (χ4v) is 5.66. The van der Waals surface area contributed by atoms with Crippen LogP contribution in [0.2, 0.25) is 0 Å². The molecular formula is C19H28F3NO3S. The first-order valence-corrected chi connectivity index (χ1v) is 10.6. The van der Waals surface area contributed by atoms with Crippen LogP contribution < -0.4 is 0 Å². The van der Waals surface area contributed by atoms with E-state index in [2.05, 4.69) is 4.74 Å². The fourth-order valence-electron chi connectivity index (χ4n) is 3.82. The van der Waals surface area contributed by atoms with E-state index in [1.807, 2.05) is 27.7 Å². The van der Waals surface area contributed by atoms with Gasteiger partial charge in [0.1, 0.15) is 0 Å². The second-order valence-corrected chi connectivity index (χ2v) is 9.81. The second-order valence-electron chi connectivity index (χ2n) is 7.92. The third-order valence-electron chi connectivity index (χ3n) is 5.15. The van der Waals surface area contributed by atoms with Crippen LogP contribution in [0.1, 0.15) is 52.0 Å². The SMILES string of the molecule is CCCC[C@H]1N(S(=O)(=O)c2ccc(C)cc2)C[C@H](OC(F)(F)F)CC1(C)C. The van der Waals surface area contributed by atoms with E-state index < -0.39 is 27.9 Å². The van der Waals surface area contributed by atoms with Gasteiger partial charge in [0, 0.05) is 12.6 Å². The third kappa shape index (κ3) is 5.45. The maximum absolute atomic E-state index is 13.3. The number of aryl methyl sites for hydroxylation is 1. The Balaban J connectivity index is 2.42. The number of benzene rings is 1. The molecule has 0 radical (unpaired) electrons. The van der Waals surface area contributed by atoms with Crippen molar-refractivity contribution >= 4 is 10.0 Å². The summed E-state index contributed by atoms with van der Waals surface area (Å²) in [4.78, 5) is 0.0954. The normalized spacial score (nSPS) is 24.1. The zero-order chi connectivity index (χ0) is 20.5. The van der Waals surface area contributed by atoms with E-state index in [0.29, 0.717) is 6.42 Å². The van der Waals surface area contributed by atoms with E-state index in [9.17, 15) is 21.6 Å². The number of alkyl halides is 3. The fraction of sp³-hybridized carbons (Fsp3) is 0.684. The molecule has 0 aliphatic carbocycles. The van der Waals surface area contributed by atoms with Gasteiger partial charge in [-0.1, -0.05) is 51.3 Å². The Hall–Kier alpha value is -1.12.